The lowest BCUT2D eigenvalue weighted by molar-refractivity contribution is -0.145. The molecule has 1 rings (SSSR count). The maximum atomic E-state index is 10.6. The first-order chi connectivity index (χ1) is 5.41. The Morgan fingerprint density at radius 2 is 2.17 bits per heavy atom. The van der Waals surface area contributed by atoms with Crippen LogP contribution in [-0.2, 0) is 14.3 Å². The molecule has 1 heterocycles. The molecule has 0 aromatic carbocycles. The summed E-state index contributed by atoms with van der Waals surface area (Å²) in [6, 6.07) is 0. The molecule has 12 heavy (non-hydrogen) atoms. The number of nitrogens with one attached hydrogen (secondary N) is 1. The maximum Gasteiger partial charge on any atom is 0.310 e. The van der Waals surface area contributed by atoms with Crippen molar-refractivity contribution in [2.45, 2.75) is 33.4 Å². The number of carbonyl (C=O) groups is 1. The Kier molecular flexibility index (Phi) is 2.00. The summed E-state index contributed by atoms with van der Waals surface area (Å²) in [5, 5.41) is 3.03. The first kappa shape index (κ1) is 8.90. The van der Waals surface area contributed by atoms with Gasteiger partial charge in [0.2, 0.25) is 0 Å². The quantitative estimate of drug-likeness (QED) is 0.600. The number of allylic oxidation sites excluding steroid dienone is 1. The van der Waals surface area contributed by atoms with Crippen molar-refractivity contribution in [3.05, 3.63) is 11.6 Å². The SMILES string of the molecule is CC(=O)OC1=C(C)NC(C)(C)O1. The molecule has 1 N–H and O–H groups in total. The molecule has 68 valence electrons. The van der Waals surface area contributed by atoms with Crippen molar-refractivity contribution in [3.63, 3.8) is 0 Å². The number of hydrogen-bond acceptors (Lipinski definition) is 4. The van der Waals surface area contributed by atoms with Crippen LogP contribution in [0.4, 0.5) is 0 Å². The highest BCUT2D eigenvalue weighted by Gasteiger charge is 2.31. The minimum absolute atomic E-state index is 0.271. The van der Waals surface area contributed by atoms with E-state index in [1.807, 2.05) is 13.8 Å². The van der Waals surface area contributed by atoms with Crippen molar-refractivity contribution in [1.82, 2.24) is 5.32 Å². The molecule has 0 unspecified atom stereocenters. The monoisotopic (exact) mass is 171 g/mol. The van der Waals surface area contributed by atoms with E-state index in [1.165, 1.54) is 6.92 Å². The average molecular weight is 171 g/mol. The molecule has 0 amide bonds. The van der Waals surface area contributed by atoms with Crippen LogP contribution >= 0.6 is 0 Å². The summed E-state index contributed by atoms with van der Waals surface area (Å²) in [7, 11) is 0. The predicted octanol–water partition coefficient (Wildman–Crippen LogP) is 1.09. The standard InChI is InChI=1S/C8H13NO3/c1-5-7(11-6(2)10)12-8(3,4)9-5/h9H,1-4H3. The van der Waals surface area contributed by atoms with Crippen LogP contribution in [0.3, 0.4) is 0 Å². The lowest BCUT2D eigenvalue weighted by atomic mass is 10.3. The smallest absolute Gasteiger partial charge is 0.310 e. The van der Waals surface area contributed by atoms with E-state index >= 15 is 0 Å². The molecular formula is C8H13NO3. The Morgan fingerprint density at radius 1 is 1.58 bits per heavy atom. The zero-order chi connectivity index (χ0) is 9.35. The van der Waals surface area contributed by atoms with Crippen LogP contribution < -0.4 is 5.32 Å². The molecule has 0 saturated heterocycles. The molecule has 4 heteroatoms. The highest BCUT2D eigenvalue weighted by Crippen LogP contribution is 2.23. The Hall–Kier alpha value is -1.19. The average Bonchev–Trinajstić information content (AvgIpc) is 2.03. The third-order valence-corrected chi connectivity index (χ3v) is 1.38. The molecule has 1 aliphatic heterocycles. The number of carbonyl (C=O) groups excluding carboxylic acids is 1. The van der Waals surface area contributed by atoms with Crippen LogP contribution in [-0.4, -0.2) is 11.7 Å². The van der Waals surface area contributed by atoms with Crippen LogP contribution in [0, 0.1) is 0 Å². The van der Waals surface area contributed by atoms with Gasteiger partial charge in [0.25, 0.3) is 0 Å². The summed E-state index contributed by atoms with van der Waals surface area (Å²) >= 11 is 0. The van der Waals surface area contributed by atoms with Gasteiger partial charge in [0.05, 0.1) is 5.70 Å². The van der Waals surface area contributed by atoms with Crippen molar-refractivity contribution in [3.8, 4) is 0 Å². The lowest BCUT2D eigenvalue weighted by Gasteiger charge is -2.19. The highest BCUT2D eigenvalue weighted by molar-refractivity contribution is 5.67. The van der Waals surface area contributed by atoms with Gasteiger partial charge in [0.15, 0.2) is 5.72 Å². The molecule has 0 radical (unpaired) electrons. The van der Waals surface area contributed by atoms with Gasteiger partial charge < -0.3 is 14.8 Å². The van der Waals surface area contributed by atoms with Crippen LogP contribution in [0.1, 0.15) is 27.7 Å². The molecule has 0 aromatic rings. The van der Waals surface area contributed by atoms with E-state index in [1.54, 1.807) is 6.92 Å². The third kappa shape index (κ3) is 1.90. The number of rotatable bonds is 1. The van der Waals surface area contributed by atoms with E-state index in [2.05, 4.69) is 5.32 Å². The van der Waals surface area contributed by atoms with Gasteiger partial charge in [-0.05, 0) is 20.8 Å². The summed E-state index contributed by atoms with van der Waals surface area (Å²) in [5.74, 6) is -0.101. The molecule has 0 atom stereocenters. The van der Waals surface area contributed by atoms with Gasteiger partial charge in [-0.25, -0.2) is 0 Å². The largest absolute Gasteiger partial charge is 0.438 e. The molecule has 0 bridgehead atoms. The van der Waals surface area contributed by atoms with Crippen LogP contribution in [0.25, 0.3) is 0 Å². The third-order valence-electron chi connectivity index (χ3n) is 1.38. The van der Waals surface area contributed by atoms with Gasteiger partial charge in [-0.1, -0.05) is 0 Å². The molecular weight excluding hydrogens is 158 g/mol. The van der Waals surface area contributed by atoms with Gasteiger partial charge in [0, 0.05) is 6.92 Å². The summed E-state index contributed by atoms with van der Waals surface area (Å²) < 4.78 is 10.1. The first-order valence-electron chi connectivity index (χ1n) is 3.77. The fraction of sp³-hybridized carbons (Fsp3) is 0.625. The second-order valence-electron chi connectivity index (χ2n) is 3.24. The van der Waals surface area contributed by atoms with E-state index < -0.39 is 5.72 Å². The fourth-order valence-electron chi connectivity index (χ4n) is 1.06. The van der Waals surface area contributed by atoms with E-state index in [-0.39, 0.29) is 11.9 Å². The van der Waals surface area contributed by atoms with Crippen LogP contribution in [0.2, 0.25) is 0 Å². The Labute approximate surface area is 71.5 Å². The molecule has 0 aliphatic carbocycles. The summed E-state index contributed by atoms with van der Waals surface area (Å²) in [4.78, 5) is 10.6. The van der Waals surface area contributed by atoms with E-state index in [0.717, 1.165) is 5.70 Å². The van der Waals surface area contributed by atoms with E-state index in [9.17, 15) is 4.79 Å². The minimum Gasteiger partial charge on any atom is -0.438 e. The topological polar surface area (TPSA) is 47.6 Å². The first-order valence-corrected chi connectivity index (χ1v) is 3.77. The zero-order valence-electron chi connectivity index (χ0n) is 7.72. The van der Waals surface area contributed by atoms with Crippen molar-refractivity contribution >= 4 is 5.97 Å². The van der Waals surface area contributed by atoms with E-state index in [4.69, 9.17) is 9.47 Å². The normalized spacial score (nSPS) is 20.0. The van der Waals surface area contributed by atoms with Gasteiger partial charge in [-0.2, -0.15) is 0 Å². The Balaban J connectivity index is 2.67. The van der Waals surface area contributed by atoms with Crippen LogP contribution in [0.5, 0.6) is 0 Å². The predicted molar refractivity (Wildman–Crippen MR) is 42.8 cm³/mol. The molecule has 0 fully saturated rings. The highest BCUT2D eigenvalue weighted by atomic mass is 16.7. The molecule has 0 spiro atoms. The van der Waals surface area contributed by atoms with Gasteiger partial charge in [-0.3, -0.25) is 4.79 Å². The molecule has 1 aliphatic rings. The molecule has 0 saturated carbocycles. The summed E-state index contributed by atoms with van der Waals surface area (Å²) in [5.41, 5.74) is 0.268. The Morgan fingerprint density at radius 3 is 2.50 bits per heavy atom. The van der Waals surface area contributed by atoms with E-state index in [0.29, 0.717) is 0 Å². The number of hydrogen-bond donors (Lipinski definition) is 1. The van der Waals surface area contributed by atoms with Crippen molar-refractivity contribution in [2.75, 3.05) is 0 Å². The van der Waals surface area contributed by atoms with Gasteiger partial charge in [-0.15, -0.1) is 0 Å². The zero-order valence-corrected chi connectivity index (χ0v) is 7.72. The second kappa shape index (κ2) is 2.69. The Bertz CT molecular complexity index is 243. The maximum absolute atomic E-state index is 10.6. The van der Waals surface area contributed by atoms with Crippen molar-refractivity contribution < 1.29 is 14.3 Å². The molecule has 4 nitrogen and oxygen atoms in total. The van der Waals surface area contributed by atoms with Crippen molar-refractivity contribution in [1.29, 1.82) is 0 Å². The van der Waals surface area contributed by atoms with Gasteiger partial charge >= 0.3 is 11.9 Å². The van der Waals surface area contributed by atoms with Crippen LogP contribution in [0.15, 0.2) is 11.6 Å². The number of esters is 1. The lowest BCUT2D eigenvalue weighted by Crippen LogP contribution is -2.34. The minimum atomic E-state index is -0.477. The number of ether oxygens (including phenoxy) is 2. The van der Waals surface area contributed by atoms with Crippen molar-refractivity contribution in [2.24, 2.45) is 0 Å². The van der Waals surface area contributed by atoms with Gasteiger partial charge in [0.1, 0.15) is 0 Å². The summed E-state index contributed by atoms with van der Waals surface area (Å²) in [6.45, 7) is 6.85. The summed E-state index contributed by atoms with van der Waals surface area (Å²) in [6.07, 6.45) is 0. The molecule has 0 aromatic heterocycles. The second-order valence-corrected chi connectivity index (χ2v) is 3.24. The fourth-order valence-corrected chi connectivity index (χ4v) is 1.06.